The third-order valence-electron chi connectivity index (χ3n) is 5.46. The first-order chi connectivity index (χ1) is 14.2. The maximum atomic E-state index is 11.9. The highest BCUT2D eigenvalue weighted by atomic mass is 16.5. The number of nitrogens with one attached hydrogen (secondary N) is 1. The monoisotopic (exact) mass is 391 g/mol. The van der Waals surface area contributed by atoms with Crippen LogP contribution in [0.2, 0.25) is 0 Å². The molecule has 1 heterocycles. The number of aryl methyl sites for hydroxylation is 2. The number of hydrogen-bond acceptors (Lipinski definition) is 3. The highest BCUT2D eigenvalue weighted by Gasteiger charge is 2.29. The molecule has 0 bridgehead atoms. The summed E-state index contributed by atoms with van der Waals surface area (Å²) in [4.78, 5) is 16.7. The fraction of sp³-hybridized carbons (Fsp3) is 0.417. The summed E-state index contributed by atoms with van der Waals surface area (Å²) in [5.41, 5.74) is 3.47. The summed E-state index contributed by atoms with van der Waals surface area (Å²) in [5.74, 6) is 2.38. The molecule has 1 saturated carbocycles. The third-order valence-corrected chi connectivity index (χ3v) is 5.46. The van der Waals surface area contributed by atoms with Gasteiger partial charge in [0.05, 0.1) is 17.6 Å². The predicted molar refractivity (Wildman–Crippen MR) is 115 cm³/mol. The molecule has 0 atom stereocenters. The third kappa shape index (κ3) is 4.97. The fourth-order valence-electron chi connectivity index (χ4n) is 3.59. The van der Waals surface area contributed by atoms with E-state index in [1.54, 1.807) is 0 Å². The van der Waals surface area contributed by atoms with Crippen LogP contribution in [0.25, 0.3) is 11.0 Å². The molecule has 1 aromatic heterocycles. The SMILES string of the molecule is CCc1ccc(OCCCn2c(CCNC(=O)C3CC3)nc3ccccc32)cc1. The van der Waals surface area contributed by atoms with Crippen LogP contribution in [0.5, 0.6) is 5.75 Å². The number of nitrogens with zero attached hydrogens (tertiary/aromatic N) is 2. The molecule has 0 aliphatic heterocycles. The van der Waals surface area contributed by atoms with E-state index in [2.05, 4.69) is 35.0 Å². The normalized spacial score (nSPS) is 13.6. The van der Waals surface area contributed by atoms with Crippen molar-refractivity contribution in [1.29, 1.82) is 0 Å². The Balaban J connectivity index is 1.35. The van der Waals surface area contributed by atoms with Crippen molar-refractivity contribution in [3.63, 3.8) is 0 Å². The molecule has 1 N–H and O–H groups in total. The van der Waals surface area contributed by atoms with E-state index in [1.165, 1.54) is 5.56 Å². The number of hydrogen-bond donors (Lipinski definition) is 1. The zero-order valence-electron chi connectivity index (χ0n) is 17.1. The number of amides is 1. The fourth-order valence-corrected chi connectivity index (χ4v) is 3.59. The molecule has 0 radical (unpaired) electrons. The van der Waals surface area contributed by atoms with E-state index in [0.29, 0.717) is 13.2 Å². The Kier molecular flexibility index (Phi) is 6.13. The Labute approximate surface area is 172 Å². The van der Waals surface area contributed by atoms with Crippen LogP contribution in [0, 0.1) is 5.92 Å². The first-order valence-corrected chi connectivity index (χ1v) is 10.7. The maximum absolute atomic E-state index is 11.9. The molecule has 1 aliphatic carbocycles. The number of aromatic nitrogens is 2. The van der Waals surface area contributed by atoms with Crippen molar-refractivity contribution in [3.05, 3.63) is 59.9 Å². The van der Waals surface area contributed by atoms with E-state index in [0.717, 1.165) is 61.3 Å². The highest BCUT2D eigenvalue weighted by Crippen LogP contribution is 2.28. The minimum absolute atomic E-state index is 0.190. The Morgan fingerprint density at radius 2 is 1.97 bits per heavy atom. The lowest BCUT2D eigenvalue weighted by Crippen LogP contribution is -2.27. The van der Waals surface area contributed by atoms with Gasteiger partial charge in [0.15, 0.2) is 0 Å². The average Bonchev–Trinajstić information content (AvgIpc) is 3.55. The average molecular weight is 392 g/mol. The molecule has 5 nitrogen and oxygen atoms in total. The lowest BCUT2D eigenvalue weighted by molar-refractivity contribution is -0.122. The summed E-state index contributed by atoms with van der Waals surface area (Å²) < 4.78 is 8.18. The Morgan fingerprint density at radius 1 is 1.17 bits per heavy atom. The lowest BCUT2D eigenvalue weighted by Gasteiger charge is -2.11. The molecule has 5 heteroatoms. The molecule has 29 heavy (non-hydrogen) atoms. The number of carbonyl (C=O) groups excluding carboxylic acids is 1. The quantitative estimate of drug-likeness (QED) is 0.529. The van der Waals surface area contributed by atoms with Gasteiger partial charge in [-0.1, -0.05) is 31.2 Å². The van der Waals surface area contributed by atoms with Gasteiger partial charge in [-0.3, -0.25) is 4.79 Å². The second kappa shape index (κ2) is 9.12. The van der Waals surface area contributed by atoms with Crippen molar-refractivity contribution >= 4 is 16.9 Å². The van der Waals surface area contributed by atoms with E-state index in [9.17, 15) is 4.79 Å². The molecule has 152 valence electrons. The smallest absolute Gasteiger partial charge is 0.223 e. The molecular weight excluding hydrogens is 362 g/mol. The molecule has 3 aromatic rings. The number of benzene rings is 2. The van der Waals surface area contributed by atoms with Gasteiger partial charge in [0, 0.05) is 25.4 Å². The Hall–Kier alpha value is -2.82. The largest absolute Gasteiger partial charge is 0.494 e. The minimum atomic E-state index is 0.190. The Bertz CT molecular complexity index is 958. The molecule has 0 spiro atoms. The van der Waals surface area contributed by atoms with Crippen LogP contribution in [-0.2, 0) is 24.2 Å². The van der Waals surface area contributed by atoms with E-state index < -0.39 is 0 Å². The number of imidazole rings is 1. The minimum Gasteiger partial charge on any atom is -0.494 e. The van der Waals surface area contributed by atoms with Gasteiger partial charge in [0.25, 0.3) is 0 Å². The van der Waals surface area contributed by atoms with Gasteiger partial charge in [0.2, 0.25) is 5.91 Å². The first-order valence-electron chi connectivity index (χ1n) is 10.7. The van der Waals surface area contributed by atoms with Crippen molar-refractivity contribution in [2.75, 3.05) is 13.2 Å². The van der Waals surface area contributed by atoms with Gasteiger partial charge in [0.1, 0.15) is 11.6 Å². The van der Waals surface area contributed by atoms with Crippen molar-refractivity contribution in [2.45, 2.75) is 45.6 Å². The summed E-state index contributed by atoms with van der Waals surface area (Å²) in [6.07, 6.45) is 4.75. The van der Waals surface area contributed by atoms with E-state index in [-0.39, 0.29) is 11.8 Å². The predicted octanol–water partition coefficient (Wildman–Crippen LogP) is 4.14. The molecule has 1 aliphatic rings. The number of carbonyl (C=O) groups is 1. The molecule has 4 rings (SSSR count). The second-order valence-corrected chi connectivity index (χ2v) is 7.68. The number of rotatable bonds is 10. The summed E-state index contributed by atoms with van der Waals surface area (Å²) >= 11 is 0. The van der Waals surface area contributed by atoms with E-state index in [4.69, 9.17) is 9.72 Å². The van der Waals surface area contributed by atoms with Gasteiger partial charge in [-0.15, -0.1) is 0 Å². The van der Waals surface area contributed by atoms with Crippen LogP contribution in [0.4, 0.5) is 0 Å². The van der Waals surface area contributed by atoms with E-state index >= 15 is 0 Å². The topological polar surface area (TPSA) is 56.1 Å². The number of ether oxygens (including phenoxy) is 1. The van der Waals surface area contributed by atoms with Gasteiger partial charge in [-0.05, 0) is 55.5 Å². The first kappa shape index (κ1) is 19.5. The number of fused-ring (bicyclic) bond motifs is 1. The summed E-state index contributed by atoms with van der Waals surface area (Å²) in [5, 5.41) is 3.05. The summed E-state index contributed by atoms with van der Waals surface area (Å²) in [6.45, 7) is 4.30. The van der Waals surface area contributed by atoms with Crippen LogP contribution >= 0.6 is 0 Å². The molecule has 2 aromatic carbocycles. The van der Waals surface area contributed by atoms with E-state index in [1.807, 2.05) is 30.3 Å². The van der Waals surface area contributed by atoms with Gasteiger partial charge < -0.3 is 14.6 Å². The van der Waals surface area contributed by atoms with Crippen molar-refractivity contribution in [2.24, 2.45) is 5.92 Å². The molecule has 0 saturated heterocycles. The van der Waals surface area contributed by atoms with Crippen LogP contribution in [0.15, 0.2) is 48.5 Å². The van der Waals surface area contributed by atoms with Crippen molar-refractivity contribution in [1.82, 2.24) is 14.9 Å². The zero-order chi connectivity index (χ0) is 20.1. The second-order valence-electron chi connectivity index (χ2n) is 7.68. The van der Waals surface area contributed by atoms with Crippen LogP contribution < -0.4 is 10.1 Å². The van der Waals surface area contributed by atoms with Crippen LogP contribution in [0.1, 0.15) is 37.6 Å². The molecule has 1 amide bonds. The highest BCUT2D eigenvalue weighted by molar-refractivity contribution is 5.80. The Morgan fingerprint density at radius 3 is 2.72 bits per heavy atom. The zero-order valence-corrected chi connectivity index (χ0v) is 17.1. The molecular formula is C24H29N3O2. The standard InChI is InChI=1S/C24H29N3O2/c1-2-18-8-12-20(13-9-18)29-17-5-16-27-22-7-4-3-6-21(22)26-23(27)14-15-25-24(28)19-10-11-19/h3-4,6-9,12-13,19H,2,5,10-11,14-17H2,1H3,(H,25,28). The molecule has 1 fully saturated rings. The van der Waals surface area contributed by atoms with Gasteiger partial charge >= 0.3 is 0 Å². The van der Waals surface area contributed by atoms with Crippen molar-refractivity contribution < 1.29 is 9.53 Å². The van der Waals surface area contributed by atoms with Crippen LogP contribution in [0.3, 0.4) is 0 Å². The lowest BCUT2D eigenvalue weighted by atomic mass is 10.2. The van der Waals surface area contributed by atoms with Crippen molar-refractivity contribution in [3.8, 4) is 5.75 Å². The molecule has 0 unspecified atom stereocenters. The van der Waals surface area contributed by atoms with Gasteiger partial charge in [-0.2, -0.15) is 0 Å². The number of para-hydroxylation sites is 2. The maximum Gasteiger partial charge on any atom is 0.223 e. The van der Waals surface area contributed by atoms with Gasteiger partial charge in [-0.25, -0.2) is 4.98 Å². The van der Waals surface area contributed by atoms with Crippen LogP contribution in [-0.4, -0.2) is 28.6 Å². The summed E-state index contributed by atoms with van der Waals surface area (Å²) in [7, 11) is 0. The summed E-state index contributed by atoms with van der Waals surface area (Å²) in [6, 6.07) is 16.5.